The second-order valence-electron chi connectivity index (χ2n) is 6.10. The smallest absolute Gasteiger partial charge is 0.226 e. The lowest BCUT2D eigenvalue weighted by Gasteiger charge is -2.11. The van der Waals surface area contributed by atoms with Crippen molar-refractivity contribution < 1.29 is 13.5 Å². The molecule has 0 unspecified atom stereocenters. The highest BCUT2D eigenvalue weighted by molar-refractivity contribution is 14.0. The van der Waals surface area contributed by atoms with Gasteiger partial charge in [0.25, 0.3) is 0 Å². The molecule has 2 N–H and O–H groups in total. The molecule has 0 atom stereocenters. The Kier molecular flexibility index (Phi) is 8.91. The summed E-state index contributed by atoms with van der Waals surface area (Å²) in [5.41, 5.74) is 2.69. The van der Waals surface area contributed by atoms with Crippen LogP contribution in [0.5, 0.6) is 5.75 Å². The van der Waals surface area contributed by atoms with Crippen LogP contribution in [0.15, 0.2) is 64.2 Å². The lowest BCUT2D eigenvalue weighted by Crippen LogP contribution is -2.37. The molecular weight excluding hydrogens is 486 g/mol. The van der Waals surface area contributed by atoms with Crippen molar-refractivity contribution in [2.75, 3.05) is 20.7 Å². The molecule has 3 aromatic rings. The third-order valence-corrected chi connectivity index (χ3v) is 4.16. The molecule has 0 bridgehead atoms. The number of nitrogens with one attached hydrogen (secondary N) is 2. The standard InChI is InChI=1S/C21H23FN4O2.HI/c1-23-21(25-13-15-3-9-19(27-2)10-4-15)24-12-11-18-14-28-20(26-18)16-5-7-17(22)8-6-16;/h3-10,14H,11-13H2,1-2H3,(H2,23,24,25);1H. The highest BCUT2D eigenvalue weighted by Gasteiger charge is 2.07. The van der Waals surface area contributed by atoms with Gasteiger partial charge in [-0.1, -0.05) is 12.1 Å². The summed E-state index contributed by atoms with van der Waals surface area (Å²) in [5.74, 6) is 1.74. The fourth-order valence-electron chi connectivity index (χ4n) is 2.61. The normalized spacial score (nSPS) is 10.9. The van der Waals surface area contributed by atoms with Crippen molar-refractivity contribution >= 4 is 29.9 Å². The minimum absolute atomic E-state index is 0. The Morgan fingerprint density at radius 2 is 1.83 bits per heavy atom. The van der Waals surface area contributed by atoms with E-state index in [1.54, 1.807) is 32.6 Å². The molecule has 0 aliphatic rings. The Morgan fingerprint density at radius 1 is 1.10 bits per heavy atom. The third kappa shape index (κ3) is 6.74. The Hall–Kier alpha value is -2.62. The largest absolute Gasteiger partial charge is 0.497 e. The van der Waals surface area contributed by atoms with Crippen LogP contribution in [0.2, 0.25) is 0 Å². The SMILES string of the molecule is CN=C(NCCc1coc(-c2ccc(F)cc2)n1)NCc1ccc(OC)cc1.I. The Morgan fingerprint density at radius 3 is 2.48 bits per heavy atom. The van der Waals surface area contributed by atoms with Gasteiger partial charge in [0.2, 0.25) is 5.89 Å². The molecule has 2 aromatic carbocycles. The van der Waals surface area contributed by atoms with E-state index in [1.807, 2.05) is 24.3 Å². The zero-order chi connectivity index (χ0) is 19.8. The summed E-state index contributed by atoms with van der Waals surface area (Å²) in [7, 11) is 3.38. The zero-order valence-electron chi connectivity index (χ0n) is 16.3. The average Bonchev–Trinajstić information content (AvgIpc) is 3.20. The van der Waals surface area contributed by atoms with Crippen LogP contribution in [0.25, 0.3) is 11.5 Å². The van der Waals surface area contributed by atoms with Crippen LogP contribution in [0.3, 0.4) is 0 Å². The highest BCUT2D eigenvalue weighted by Crippen LogP contribution is 2.19. The summed E-state index contributed by atoms with van der Waals surface area (Å²) in [5, 5.41) is 6.51. The molecule has 0 aliphatic carbocycles. The summed E-state index contributed by atoms with van der Waals surface area (Å²) >= 11 is 0. The van der Waals surface area contributed by atoms with E-state index in [0.717, 1.165) is 22.6 Å². The number of oxazole rings is 1. The summed E-state index contributed by atoms with van der Waals surface area (Å²) in [6.45, 7) is 1.31. The molecule has 0 amide bonds. The number of rotatable bonds is 7. The van der Waals surface area contributed by atoms with Crippen molar-refractivity contribution in [1.82, 2.24) is 15.6 Å². The number of aliphatic imine (C=N–C) groups is 1. The van der Waals surface area contributed by atoms with E-state index in [-0.39, 0.29) is 29.8 Å². The Bertz CT molecular complexity index is 911. The molecule has 3 rings (SSSR count). The highest BCUT2D eigenvalue weighted by atomic mass is 127. The van der Waals surface area contributed by atoms with E-state index in [4.69, 9.17) is 9.15 Å². The van der Waals surface area contributed by atoms with E-state index >= 15 is 0 Å². The first-order valence-electron chi connectivity index (χ1n) is 8.95. The van der Waals surface area contributed by atoms with Crippen molar-refractivity contribution in [3.8, 4) is 17.2 Å². The van der Waals surface area contributed by atoms with Crippen molar-refractivity contribution in [1.29, 1.82) is 0 Å². The quantitative estimate of drug-likeness (QED) is 0.286. The predicted molar refractivity (Wildman–Crippen MR) is 122 cm³/mol. The van der Waals surface area contributed by atoms with E-state index in [9.17, 15) is 4.39 Å². The fourth-order valence-corrected chi connectivity index (χ4v) is 2.61. The maximum Gasteiger partial charge on any atom is 0.226 e. The molecule has 8 heteroatoms. The van der Waals surface area contributed by atoms with E-state index in [2.05, 4.69) is 20.6 Å². The first kappa shape index (κ1) is 22.7. The minimum Gasteiger partial charge on any atom is -0.497 e. The molecule has 0 fully saturated rings. The predicted octanol–water partition coefficient (Wildman–Crippen LogP) is 4.02. The molecule has 0 aliphatic heterocycles. The number of aromatic nitrogens is 1. The van der Waals surface area contributed by atoms with Gasteiger partial charge < -0.3 is 19.8 Å². The number of methoxy groups -OCH3 is 1. The summed E-state index contributed by atoms with van der Waals surface area (Å²) in [6, 6.07) is 13.9. The van der Waals surface area contributed by atoms with E-state index in [1.165, 1.54) is 12.1 Å². The number of nitrogens with zero attached hydrogens (tertiary/aromatic N) is 2. The third-order valence-electron chi connectivity index (χ3n) is 4.16. The van der Waals surface area contributed by atoms with E-state index in [0.29, 0.717) is 31.4 Å². The fraction of sp³-hybridized carbons (Fsp3) is 0.238. The number of guanidine groups is 1. The first-order chi connectivity index (χ1) is 13.7. The second kappa shape index (κ2) is 11.4. The lowest BCUT2D eigenvalue weighted by molar-refractivity contribution is 0.414. The molecule has 0 saturated heterocycles. The Balaban J connectivity index is 0.00000300. The lowest BCUT2D eigenvalue weighted by atomic mass is 10.2. The average molecular weight is 510 g/mol. The number of hydrogen-bond donors (Lipinski definition) is 2. The van der Waals surface area contributed by atoms with Crippen LogP contribution in [0.1, 0.15) is 11.3 Å². The van der Waals surface area contributed by atoms with E-state index < -0.39 is 0 Å². The summed E-state index contributed by atoms with van der Waals surface area (Å²) in [4.78, 5) is 8.66. The number of ether oxygens (including phenoxy) is 1. The maximum absolute atomic E-state index is 13.0. The number of halogens is 2. The van der Waals surface area contributed by atoms with Crippen molar-refractivity contribution in [2.24, 2.45) is 4.99 Å². The molecule has 1 aromatic heterocycles. The summed E-state index contributed by atoms with van der Waals surface area (Å²) < 4.78 is 23.6. The molecule has 0 radical (unpaired) electrons. The minimum atomic E-state index is -0.284. The van der Waals surface area contributed by atoms with Crippen molar-refractivity contribution in [2.45, 2.75) is 13.0 Å². The van der Waals surface area contributed by atoms with Crippen LogP contribution in [-0.2, 0) is 13.0 Å². The van der Waals surface area contributed by atoms with Gasteiger partial charge in [0.15, 0.2) is 5.96 Å². The van der Waals surface area contributed by atoms with Crippen LogP contribution >= 0.6 is 24.0 Å². The molecule has 29 heavy (non-hydrogen) atoms. The van der Waals surface area contributed by atoms with Crippen LogP contribution in [0, 0.1) is 5.82 Å². The number of benzene rings is 2. The molecule has 154 valence electrons. The van der Waals surface area contributed by atoms with Gasteiger partial charge in [-0.05, 0) is 42.0 Å². The second-order valence-corrected chi connectivity index (χ2v) is 6.10. The molecule has 1 heterocycles. The zero-order valence-corrected chi connectivity index (χ0v) is 18.6. The van der Waals surface area contributed by atoms with Gasteiger partial charge in [0.1, 0.15) is 17.8 Å². The van der Waals surface area contributed by atoms with Gasteiger partial charge in [-0.2, -0.15) is 0 Å². The molecular formula is C21H24FIN4O2. The van der Waals surface area contributed by atoms with Gasteiger partial charge in [-0.25, -0.2) is 9.37 Å². The first-order valence-corrected chi connectivity index (χ1v) is 8.95. The Labute approximate surface area is 186 Å². The summed E-state index contributed by atoms with van der Waals surface area (Å²) in [6.07, 6.45) is 2.29. The number of hydrogen-bond acceptors (Lipinski definition) is 4. The van der Waals surface area contributed by atoms with Gasteiger partial charge in [-0.3, -0.25) is 4.99 Å². The van der Waals surface area contributed by atoms with Gasteiger partial charge in [0, 0.05) is 32.1 Å². The van der Waals surface area contributed by atoms with Crippen LogP contribution in [0.4, 0.5) is 4.39 Å². The monoisotopic (exact) mass is 510 g/mol. The van der Waals surface area contributed by atoms with Crippen LogP contribution in [-0.4, -0.2) is 31.6 Å². The van der Waals surface area contributed by atoms with Crippen LogP contribution < -0.4 is 15.4 Å². The van der Waals surface area contributed by atoms with Crippen molar-refractivity contribution in [3.63, 3.8) is 0 Å². The molecule has 0 spiro atoms. The van der Waals surface area contributed by atoms with Gasteiger partial charge >= 0.3 is 0 Å². The topological polar surface area (TPSA) is 71.7 Å². The van der Waals surface area contributed by atoms with Gasteiger partial charge in [0.05, 0.1) is 12.8 Å². The molecule has 6 nitrogen and oxygen atoms in total. The van der Waals surface area contributed by atoms with Gasteiger partial charge in [-0.15, -0.1) is 24.0 Å². The molecule has 0 saturated carbocycles. The maximum atomic E-state index is 13.0. The van der Waals surface area contributed by atoms with Crippen molar-refractivity contribution in [3.05, 3.63) is 71.9 Å².